The number of aryl methyl sites for hydroxylation is 2. The van der Waals surface area contributed by atoms with Crippen LogP contribution in [-0.4, -0.2) is 22.7 Å². The van der Waals surface area contributed by atoms with Gasteiger partial charge in [-0.15, -0.1) is 11.3 Å². The molecule has 28 heavy (non-hydrogen) atoms. The van der Waals surface area contributed by atoms with Gasteiger partial charge in [0, 0.05) is 6.61 Å². The number of carboxylic acid groups (broad SMARTS) is 1. The second kappa shape index (κ2) is 9.03. The summed E-state index contributed by atoms with van der Waals surface area (Å²) in [4.78, 5) is 16.6. The van der Waals surface area contributed by atoms with E-state index in [-0.39, 0.29) is 6.42 Å². The number of hydrogen-bond acceptors (Lipinski definition) is 6. The number of hydrogen-bond donors (Lipinski definition) is 1. The standard InChI is InChI=1S/C21H23NO5S/c1-4-25-18(11-19(23)24)15-5-7-16(8-6-15)26-12-17-14(3)27-21(22-17)20-13(2)9-10-28-20/h5-10,18H,4,11-12H2,1-3H3,(H,23,24). The largest absolute Gasteiger partial charge is 0.487 e. The van der Waals surface area contributed by atoms with Gasteiger partial charge in [0.1, 0.15) is 23.8 Å². The van der Waals surface area contributed by atoms with Crippen LogP contribution in [0.1, 0.15) is 42.0 Å². The van der Waals surface area contributed by atoms with Crippen molar-refractivity contribution in [2.24, 2.45) is 0 Å². The Labute approximate surface area is 167 Å². The lowest BCUT2D eigenvalue weighted by Gasteiger charge is -2.15. The Bertz CT molecular complexity index is 929. The first-order valence-corrected chi connectivity index (χ1v) is 9.92. The smallest absolute Gasteiger partial charge is 0.306 e. The maximum Gasteiger partial charge on any atom is 0.306 e. The highest BCUT2D eigenvalue weighted by molar-refractivity contribution is 7.13. The van der Waals surface area contributed by atoms with Crippen molar-refractivity contribution in [2.45, 2.75) is 39.9 Å². The number of nitrogens with zero attached hydrogens (tertiary/aromatic N) is 1. The summed E-state index contributed by atoms with van der Waals surface area (Å²) in [5.74, 6) is 1.13. The Morgan fingerprint density at radius 3 is 2.61 bits per heavy atom. The molecule has 148 valence electrons. The summed E-state index contributed by atoms with van der Waals surface area (Å²) in [5, 5.41) is 11.0. The average molecular weight is 401 g/mol. The Hall–Kier alpha value is -2.64. The van der Waals surface area contributed by atoms with Crippen molar-refractivity contribution in [3.05, 3.63) is 58.3 Å². The molecule has 0 fully saturated rings. The van der Waals surface area contributed by atoms with Crippen LogP contribution in [0, 0.1) is 13.8 Å². The van der Waals surface area contributed by atoms with Gasteiger partial charge in [-0.05, 0) is 55.5 Å². The Kier molecular flexibility index (Phi) is 6.49. The van der Waals surface area contributed by atoms with Gasteiger partial charge in [-0.2, -0.15) is 0 Å². The number of thiophene rings is 1. The predicted octanol–water partition coefficient (Wildman–Crippen LogP) is 5.15. The minimum atomic E-state index is -0.892. The van der Waals surface area contributed by atoms with Gasteiger partial charge in [-0.3, -0.25) is 4.79 Å². The molecular weight excluding hydrogens is 378 g/mol. The van der Waals surface area contributed by atoms with Crippen molar-refractivity contribution < 1.29 is 23.8 Å². The van der Waals surface area contributed by atoms with E-state index in [0.29, 0.717) is 24.9 Å². The normalized spacial score (nSPS) is 12.1. The molecule has 1 unspecified atom stereocenters. The van der Waals surface area contributed by atoms with Crippen LogP contribution < -0.4 is 4.74 Å². The van der Waals surface area contributed by atoms with Gasteiger partial charge in [-0.1, -0.05) is 12.1 Å². The Morgan fingerprint density at radius 1 is 1.25 bits per heavy atom. The van der Waals surface area contributed by atoms with Gasteiger partial charge in [0.2, 0.25) is 5.89 Å². The first-order chi connectivity index (χ1) is 13.5. The van der Waals surface area contributed by atoms with Gasteiger partial charge in [0.25, 0.3) is 0 Å². The highest BCUT2D eigenvalue weighted by Crippen LogP contribution is 2.30. The first kappa shape index (κ1) is 20.1. The summed E-state index contributed by atoms with van der Waals surface area (Å²) >= 11 is 1.60. The van der Waals surface area contributed by atoms with Crippen molar-refractivity contribution >= 4 is 17.3 Å². The van der Waals surface area contributed by atoms with E-state index in [1.165, 1.54) is 0 Å². The molecule has 7 heteroatoms. The molecule has 2 heterocycles. The summed E-state index contributed by atoms with van der Waals surface area (Å²) in [6.07, 6.45) is -0.539. The molecule has 0 aliphatic heterocycles. The van der Waals surface area contributed by atoms with E-state index in [2.05, 4.69) is 4.98 Å². The molecule has 1 N–H and O–H groups in total. The summed E-state index contributed by atoms with van der Waals surface area (Å²) < 4.78 is 17.2. The zero-order chi connectivity index (χ0) is 20.1. The zero-order valence-electron chi connectivity index (χ0n) is 16.1. The molecule has 0 aliphatic carbocycles. The van der Waals surface area contributed by atoms with Crippen LogP contribution in [-0.2, 0) is 16.1 Å². The summed E-state index contributed by atoms with van der Waals surface area (Å²) in [7, 11) is 0. The topological polar surface area (TPSA) is 81.8 Å². The molecule has 0 spiro atoms. The third-order valence-corrected chi connectivity index (χ3v) is 5.31. The van der Waals surface area contributed by atoms with Crippen LogP contribution in [0.4, 0.5) is 0 Å². The molecule has 3 rings (SSSR count). The summed E-state index contributed by atoms with van der Waals surface area (Å²) in [5.41, 5.74) is 2.70. The number of ether oxygens (including phenoxy) is 2. The number of oxazole rings is 1. The molecule has 3 aromatic rings. The lowest BCUT2D eigenvalue weighted by atomic mass is 10.1. The first-order valence-electron chi connectivity index (χ1n) is 9.04. The number of rotatable bonds is 9. The highest BCUT2D eigenvalue weighted by atomic mass is 32.1. The minimum absolute atomic E-state index is 0.0723. The maximum atomic E-state index is 11.0. The van der Waals surface area contributed by atoms with Gasteiger partial charge in [0.05, 0.1) is 17.4 Å². The van der Waals surface area contributed by atoms with Crippen LogP contribution in [0.2, 0.25) is 0 Å². The van der Waals surface area contributed by atoms with E-state index < -0.39 is 12.1 Å². The Balaban J connectivity index is 1.66. The molecule has 0 bridgehead atoms. The number of benzene rings is 1. The predicted molar refractivity (Wildman–Crippen MR) is 107 cm³/mol. The van der Waals surface area contributed by atoms with Gasteiger partial charge >= 0.3 is 5.97 Å². The van der Waals surface area contributed by atoms with Crippen molar-refractivity contribution in [1.29, 1.82) is 0 Å². The SMILES string of the molecule is CCOC(CC(=O)O)c1ccc(OCc2nc(-c3sccc3C)oc2C)cc1. The van der Waals surface area contributed by atoms with Crippen LogP contribution in [0.5, 0.6) is 5.75 Å². The number of aliphatic carboxylic acids is 1. The second-order valence-corrected chi connectivity index (χ2v) is 7.27. The van der Waals surface area contributed by atoms with Crippen LogP contribution in [0.3, 0.4) is 0 Å². The van der Waals surface area contributed by atoms with E-state index in [9.17, 15) is 4.79 Å². The average Bonchev–Trinajstić information content (AvgIpc) is 3.25. The molecule has 0 aliphatic rings. The zero-order valence-corrected chi connectivity index (χ0v) is 16.9. The number of carbonyl (C=O) groups is 1. The van der Waals surface area contributed by atoms with Crippen molar-refractivity contribution in [2.75, 3.05) is 6.61 Å². The van der Waals surface area contributed by atoms with E-state index in [1.54, 1.807) is 11.3 Å². The fourth-order valence-electron chi connectivity index (χ4n) is 2.81. The quantitative estimate of drug-likeness (QED) is 0.534. The number of aromatic nitrogens is 1. The van der Waals surface area contributed by atoms with Crippen molar-refractivity contribution in [3.8, 4) is 16.5 Å². The molecule has 1 atom stereocenters. The third kappa shape index (κ3) is 4.79. The monoisotopic (exact) mass is 401 g/mol. The van der Waals surface area contributed by atoms with Crippen LogP contribution in [0.25, 0.3) is 10.8 Å². The summed E-state index contributed by atoms with van der Waals surface area (Å²) in [6, 6.07) is 9.31. The van der Waals surface area contributed by atoms with Gasteiger partial charge < -0.3 is 19.0 Å². The van der Waals surface area contributed by atoms with E-state index >= 15 is 0 Å². The second-order valence-electron chi connectivity index (χ2n) is 6.35. The lowest BCUT2D eigenvalue weighted by molar-refractivity contribution is -0.140. The fourth-order valence-corrected chi connectivity index (χ4v) is 3.66. The molecule has 0 amide bonds. The molecule has 0 radical (unpaired) electrons. The van der Waals surface area contributed by atoms with E-state index in [4.69, 9.17) is 19.0 Å². The van der Waals surface area contributed by atoms with E-state index in [0.717, 1.165) is 27.5 Å². The van der Waals surface area contributed by atoms with Crippen molar-refractivity contribution in [3.63, 3.8) is 0 Å². The van der Waals surface area contributed by atoms with Crippen LogP contribution >= 0.6 is 11.3 Å². The van der Waals surface area contributed by atoms with Gasteiger partial charge in [-0.25, -0.2) is 4.98 Å². The van der Waals surface area contributed by atoms with Gasteiger partial charge in [0.15, 0.2) is 0 Å². The lowest BCUT2D eigenvalue weighted by Crippen LogP contribution is -2.10. The molecule has 6 nitrogen and oxygen atoms in total. The highest BCUT2D eigenvalue weighted by Gasteiger charge is 2.17. The summed E-state index contributed by atoms with van der Waals surface area (Å²) in [6.45, 7) is 6.50. The molecule has 2 aromatic heterocycles. The molecular formula is C21H23NO5S. The number of carboxylic acids is 1. The van der Waals surface area contributed by atoms with Crippen LogP contribution in [0.15, 0.2) is 40.1 Å². The van der Waals surface area contributed by atoms with Crippen molar-refractivity contribution in [1.82, 2.24) is 4.98 Å². The third-order valence-electron chi connectivity index (χ3n) is 4.30. The molecule has 0 saturated carbocycles. The Morgan fingerprint density at radius 2 is 2.00 bits per heavy atom. The molecule has 1 aromatic carbocycles. The molecule has 0 saturated heterocycles. The van der Waals surface area contributed by atoms with E-state index in [1.807, 2.05) is 56.5 Å². The maximum absolute atomic E-state index is 11.0. The fraction of sp³-hybridized carbons (Fsp3) is 0.333. The minimum Gasteiger partial charge on any atom is -0.487 e.